The van der Waals surface area contributed by atoms with Gasteiger partial charge in [0, 0.05) is 0 Å². The third-order valence-corrected chi connectivity index (χ3v) is 4.37. The second-order valence-electron chi connectivity index (χ2n) is 6.32. The third-order valence-electron chi connectivity index (χ3n) is 4.37. The Bertz CT molecular complexity index is 146. The van der Waals surface area contributed by atoms with Gasteiger partial charge in [-0.25, -0.2) is 0 Å². The van der Waals surface area contributed by atoms with Crippen molar-refractivity contribution in [2.75, 3.05) is 0 Å². The second-order valence-corrected chi connectivity index (χ2v) is 6.32. The molecule has 0 bridgehead atoms. The standard InChI is InChI=1S/C14H30/c1-8-14(7,9-2)11-10-12(3)13(4,5)6/h12H,8-11H2,1-7H3. The lowest BCUT2D eigenvalue weighted by atomic mass is 9.73. The first-order valence-corrected chi connectivity index (χ1v) is 6.25. The lowest BCUT2D eigenvalue weighted by Crippen LogP contribution is -2.21. The summed E-state index contributed by atoms with van der Waals surface area (Å²) >= 11 is 0. The summed E-state index contributed by atoms with van der Waals surface area (Å²) in [6.45, 7) is 16.5. The Kier molecular flexibility index (Phi) is 5.19. The Morgan fingerprint density at radius 1 is 0.929 bits per heavy atom. The van der Waals surface area contributed by atoms with Crippen LogP contribution >= 0.6 is 0 Å². The predicted octanol–water partition coefficient (Wildman–Crippen LogP) is 5.28. The summed E-state index contributed by atoms with van der Waals surface area (Å²) in [5, 5.41) is 0. The molecule has 0 aromatic rings. The topological polar surface area (TPSA) is 0 Å². The van der Waals surface area contributed by atoms with Crippen LogP contribution in [0.5, 0.6) is 0 Å². The van der Waals surface area contributed by atoms with Crippen LogP contribution in [0.4, 0.5) is 0 Å². The highest BCUT2D eigenvalue weighted by molar-refractivity contribution is 4.76. The molecule has 0 aromatic heterocycles. The highest BCUT2D eigenvalue weighted by Crippen LogP contribution is 2.36. The van der Waals surface area contributed by atoms with Crippen molar-refractivity contribution in [2.24, 2.45) is 16.7 Å². The molecule has 0 spiro atoms. The zero-order chi connectivity index (χ0) is 11.4. The fourth-order valence-electron chi connectivity index (χ4n) is 1.60. The maximum Gasteiger partial charge on any atom is -0.0331 e. The maximum atomic E-state index is 2.43. The van der Waals surface area contributed by atoms with E-state index in [1.54, 1.807) is 0 Å². The van der Waals surface area contributed by atoms with Gasteiger partial charge in [0.15, 0.2) is 0 Å². The minimum atomic E-state index is 0.475. The molecule has 0 nitrogen and oxygen atoms in total. The number of rotatable bonds is 5. The van der Waals surface area contributed by atoms with Crippen molar-refractivity contribution in [3.8, 4) is 0 Å². The van der Waals surface area contributed by atoms with E-state index in [2.05, 4.69) is 48.5 Å². The molecule has 0 heterocycles. The average Bonchev–Trinajstić information content (AvgIpc) is 2.12. The van der Waals surface area contributed by atoms with Gasteiger partial charge in [0.1, 0.15) is 0 Å². The van der Waals surface area contributed by atoms with E-state index in [-0.39, 0.29) is 0 Å². The summed E-state index contributed by atoms with van der Waals surface area (Å²) in [5.74, 6) is 0.833. The SMILES string of the molecule is CCC(C)(CC)CCC(C)C(C)(C)C. The van der Waals surface area contributed by atoms with Crippen LogP contribution in [0.3, 0.4) is 0 Å². The van der Waals surface area contributed by atoms with E-state index >= 15 is 0 Å². The average molecular weight is 198 g/mol. The second kappa shape index (κ2) is 5.19. The van der Waals surface area contributed by atoms with Crippen LogP contribution in [0.2, 0.25) is 0 Å². The van der Waals surface area contributed by atoms with E-state index in [1.807, 2.05) is 0 Å². The van der Waals surface area contributed by atoms with Crippen LogP contribution in [0.15, 0.2) is 0 Å². The van der Waals surface area contributed by atoms with Crippen molar-refractivity contribution in [3.63, 3.8) is 0 Å². The number of hydrogen-bond acceptors (Lipinski definition) is 0. The van der Waals surface area contributed by atoms with Gasteiger partial charge in [-0.3, -0.25) is 0 Å². The van der Waals surface area contributed by atoms with Crippen LogP contribution < -0.4 is 0 Å². The van der Waals surface area contributed by atoms with E-state index in [0.717, 1.165) is 5.92 Å². The zero-order valence-electron chi connectivity index (χ0n) is 11.4. The lowest BCUT2D eigenvalue weighted by Gasteiger charge is -2.32. The Morgan fingerprint density at radius 3 is 1.64 bits per heavy atom. The van der Waals surface area contributed by atoms with Gasteiger partial charge in [-0.2, -0.15) is 0 Å². The molecule has 0 aliphatic rings. The van der Waals surface area contributed by atoms with Crippen LogP contribution in [0.1, 0.15) is 74.1 Å². The zero-order valence-corrected chi connectivity index (χ0v) is 11.4. The monoisotopic (exact) mass is 198 g/mol. The lowest BCUT2D eigenvalue weighted by molar-refractivity contribution is 0.188. The summed E-state index contributed by atoms with van der Waals surface area (Å²) < 4.78 is 0. The first kappa shape index (κ1) is 14.0. The molecular weight excluding hydrogens is 168 g/mol. The molecule has 0 saturated heterocycles. The minimum absolute atomic E-state index is 0.475. The molecule has 0 rings (SSSR count). The van der Waals surface area contributed by atoms with Crippen molar-refractivity contribution in [1.82, 2.24) is 0 Å². The first-order valence-electron chi connectivity index (χ1n) is 6.25. The van der Waals surface area contributed by atoms with E-state index in [0.29, 0.717) is 10.8 Å². The third kappa shape index (κ3) is 4.48. The largest absolute Gasteiger partial charge is 0.0649 e. The van der Waals surface area contributed by atoms with Gasteiger partial charge in [-0.05, 0) is 29.6 Å². The molecule has 86 valence electrons. The van der Waals surface area contributed by atoms with E-state index < -0.39 is 0 Å². The van der Waals surface area contributed by atoms with Crippen LogP contribution in [-0.4, -0.2) is 0 Å². The van der Waals surface area contributed by atoms with Gasteiger partial charge < -0.3 is 0 Å². The van der Waals surface area contributed by atoms with Gasteiger partial charge in [0.2, 0.25) is 0 Å². The molecule has 0 aromatic carbocycles. The molecule has 0 aliphatic carbocycles. The van der Waals surface area contributed by atoms with E-state index in [9.17, 15) is 0 Å². The van der Waals surface area contributed by atoms with Crippen LogP contribution in [0, 0.1) is 16.7 Å². The fraction of sp³-hybridized carbons (Fsp3) is 1.00. The van der Waals surface area contributed by atoms with Crippen molar-refractivity contribution < 1.29 is 0 Å². The quantitative estimate of drug-likeness (QED) is 0.564. The molecule has 0 saturated carbocycles. The van der Waals surface area contributed by atoms with Crippen molar-refractivity contribution in [2.45, 2.75) is 74.1 Å². The van der Waals surface area contributed by atoms with Crippen molar-refractivity contribution in [1.29, 1.82) is 0 Å². The summed E-state index contributed by atoms with van der Waals surface area (Å²) in [7, 11) is 0. The first-order chi connectivity index (χ1) is 6.25. The molecule has 1 unspecified atom stereocenters. The van der Waals surface area contributed by atoms with Gasteiger partial charge in [-0.15, -0.1) is 0 Å². The van der Waals surface area contributed by atoms with Crippen LogP contribution in [-0.2, 0) is 0 Å². The minimum Gasteiger partial charge on any atom is -0.0649 e. The van der Waals surface area contributed by atoms with Gasteiger partial charge in [0.25, 0.3) is 0 Å². The van der Waals surface area contributed by atoms with Gasteiger partial charge >= 0.3 is 0 Å². The highest BCUT2D eigenvalue weighted by Gasteiger charge is 2.24. The summed E-state index contributed by atoms with van der Waals surface area (Å²) in [5.41, 5.74) is 1.06. The Morgan fingerprint density at radius 2 is 1.36 bits per heavy atom. The normalized spacial score (nSPS) is 15.6. The Hall–Kier alpha value is 0. The van der Waals surface area contributed by atoms with E-state index in [1.165, 1.54) is 25.7 Å². The molecule has 0 fully saturated rings. The molecule has 0 heteroatoms. The summed E-state index contributed by atoms with van der Waals surface area (Å²) in [6.07, 6.45) is 5.40. The smallest absolute Gasteiger partial charge is 0.0331 e. The molecule has 1 atom stereocenters. The van der Waals surface area contributed by atoms with Crippen molar-refractivity contribution in [3.05, 3.63) is 0 Å². The Labute approximate surface area is 91.5 Å². The number of hydrogen-bond donors (Lipinski definition) is 0. The molecule has 0 aliphatic heterocycles. The molecule has 0 amide bonds. The summed E-state index contributed by atoms with van der Waals surface area (Å²) in [4.78, 5) is 0. The van der Waals surface area contributed by atoms with Crippen molar-refractivity contribution >= 4 is 0 Å². The van der Waals surface area contributed by atoms with Gasteiger partial charge in [-0.1, -0.05) is 61.3 Å². The molecule has 0 N–H and O–H groups in total. The Balaban J connectivity index is 4.05. The fourth-order valence-corrected chi connectivity index (χ4v) is 1.60. The molecular formula is C14H30. The van der Waals surface area contributed by atoms with Gasteiger partial charge in [0.05, 0.1) is 0 Å². The summed E-state index contributed by atoms with van der Waals surface area (Å²) in [6, 6.07) is 0. The predicted molar refractivity (Wildman–Crippen MR) is 66.5 cm³/mol. The van der Waals surface area contributed by atoms with E-state index in [4.69, 9.17) is 0 Å². The molecule has 14 heavy (non-hydrogen) atoms. The van der Waals surface area contributed by atoms with Crippen LogP contribution in [0.25, 0.3) is 0 Å². The highest BCUT2D eigenvalue weighted by atomic mass is 14.3. The maximum absolute atomic E-state index is 2.43. The molecule has 0 radical (unpaired) electrons.